The Hall–Kier alpha value is -1.63. The lowest BCUT2D eigenvalue weighted by Crippen LogP contribution is -2.48. The molecule has 0 fully saturated rings. The molecular formula is C9H17N3O4. The molecule has 0 saturated carbocycles. The molecule has 0 aliphatic heterocycles. The number of nitrogens with one attached hydrogen (secondary N) is 1. The maximum absolute atomic E-state index is 11.3. The molecule has 0 aromatic heterocycles. The predicted octanol–water partition coefficient (Wildman–Crippen LogP) is -1.74. The van der Waals surface area contributed by atoms with Gasteiger partial charge in [0.25, 0.3) is 0 Å². The third kappa shape index (κ3) is 5.30. The van der Waals surface area contributed by atoms with Gasteiger partial charge in [-0.1, -0.05) is 0 Å². The maximum atomic E-state index is 11.3. The summed E-state index contributed by atoms with van der Waals surface area (Å²) in [6.07, 6.45) is 0.0828. The van der Waals surface area contributed by atoms with E-state index in [9.17, 15) is 14.4 Å². The van der Waals surface area contributed by atoms with Crippen LogP contribution in [0.2, 0.25) is 0 Å². The third-order valence-electron chi connectivity index (χ3n) is 1.90. The fraction of sp³-hybridized carbons (Fsp3) is 0.667. The molecule has 2 amide bonds. The average molecular weight is 231 g/mol. The Bertz CT molecular complexity index is 278. The van der Waals surface area contributed by atoms with Gasteiger partial charge in [-0.25, -0.2) is 4.79 Å². The van der Waals surface area contributed by atoms with Crippen molar-refractivity contribution in [3.05, 3.63) is 0 Å². The molecule has 0 aromatic rings. The molecule has 5 N–H and O–H groups in total. The Morgan fingerprint density at radius 3 is 2.31 bits per heavy atom. The number of methoxy groups -OCH3 is 1. The van der Waals surface area contributed by atoms with Gasteiger partial charge in [-0.15, -0.1) is 0 Å². The van der Waals surface area contributed by atoms with E-state index in [1.807, 2.05) is 0 Å². The number of primary amides is 1. The molecule has 0 rings (SSSR count). The molecule has 0 aliphatic carbocycles. The van der Waals surface area contributed by atoms with E-state index < -0.39 is 29.9 Å². The fourth-order valence-corrected chi connectivity index (χ4v) is 0.981. The summed E-state index contributed by atoms with van der Waals surface area (Å²) in [5, 5.41) is 2.38. The molecule has 0 spiro atoms. The highest BCUT2D eigenvalue weighted by atomic mass is 16.5. The van der Waals surface area contributed by atoms with E-state index in [1.165, 1.54) is 14.0 Å². The summed E-state index contributed by atoms with van der Waals surface area (Å²) in [5.74, 6) is -1.67. The molecule has 0 aliphatic rings. The summed E-state index contributed by atoms with van der Waals surface area (Å²) < 4.78 is 4.48. The Labute approximate surface area is 93.5 Å². The molecule has 2 atom stereocenters. The van der Waals surface area contributed by atoms with Crippen molar-refractivity contribution in [2.45, 2.75) is 31.8 Å². The second kappa shape index (κ2) is 6.78. The highest BCUT2D eigenvalue weighted by Crippen LogP contribution is 1.99. The van der Waals surface area contributed by atoms with Gasteiger partial charge in [-0.05, 0) is 13.3 Å². The minimum Gasteiger partial charge on any atom is -0.467 e. The van der Waals surface area contributed by atoms with Crippen molar-refractivity contribution < 1.29 is 19.1 Å². The van der Waals surface area contributed by atoms with Crippen molar-refractivity contribution >= 4 is 17.8 Å². The molecular weight excluding hydrogens is 214 g/mol. The average Bonchev–Trinajstić information content (AvgIpc) is 2.22. The molecule has 16 heavy (non-hydrogen) atoms. The van der Waals surface area contributed by atoms with Gasteiger partial charge >= 0.3 is 5.97 Å². The highest BCUT2D eigenvalue weighted by molar-refractivity contribution is 5.87. The van der Waals surface area contributed by atoms with Gasteiger partial charge in [0.2, 0.25) is 11.8 Å². The zero-order valence-electron chi connectivity index (χ0n) is 9.36. The maximum Gasteiger partial charge on any atom is 0.328 e. The van der Waals surface area contributed by atoms with Crippen molar-refractivity contribution in [1.82, 2.24) is 5.32 Å². The SMILES string of the molecule is COC(=O)[C@@H](CCC(N)=O)NC(=O)[C@H](C)N. The zero-order chi connectivity index (χ0) is 12.7. The van der Waals surface area contributed by atoms with Crippen molar-refractivity contribution in [2.75, 3.05) is 7.11 Å². The summed E-state index contributed by atoms with van der Waals surface area (Å²) >= 11 is 0. The lowest BCUT2D eigenvalue weighted by molar-refractivity contribution is -0.145. The Morgan fingerprint density at radius 2 is 1.94 bits per heavy atom. The molecule has 0 saturated heterocycles. The van der Waals surface area contributed by atoms with E-state index in [1.54, 1.807) is 0 Å². The fourth-order valence-electron chi connectivity index (χ4n) is 0.981. The second-order valence-electron chi connectivity index (χ2n) is 3.38. The van der Waals surface area contributed by atoms with E-state index in [0.717, 1.165) is 0 Å². The van der Waals surface area contributed by atoms with Crippen LogP contribution in [-0.4, -0.2) is 37.0 Å². The van der Waals surface area contributed by atoms with E-state index in [2.05, 4.69) is 10.1 Å². The first-order valence-electron chi connectivity index (χ1n) is 4.80. The Morgan fingerprint density at radius 1 is 1.38 bits per heavy atom. The second-order valence-corrected chi connectivity index (χ2v) is 3.38. The number of hydrogen-bond acceptors (Lipinski definition) is 5. The molecule has 0 heterocycles. The first-order valence-corrected chi connectivity index (χ1v) is 4.80. The quantitative estimate of drug-likeness (QED) is 0.468. The monoisotopic (exact) mass is 231 g/mol. The molecule has 0 unspecified atom stereocenters. The van der Waals surface area contributed by atoms with E-state index in [-0.39, 0.29) is 12.8 Å². The zero-order valence-corrected chi connectivity index (χ0v) is 9.36. The first-order chi connectivity index (χ1) is 7.38. The van der Waals surface area contributed by atoms with Crippen LogP contribution in [0.25, 0.3) is 0 Å². The lowest BCUT2D eigenvalue weighted by Gasteiger charge is -2.16. The van der Waals surface area contributed by atoms with E-state index >= 15 is 0 Å². The standard InChI is InChI=1S/C9H17N3O4/c1-5(10)8(14)12-6(9(15)16-2)3-4-7(11)13/h5-6H,3-4,10H2,1-2H3,(H2,11,13)(H,12,14)/t5-,6+/m0/s1. The minimum atomic E-state index is -0.893. The van der Waals surface area contributed by atoms with Crippen LogP contribution in [0.3, 0.4) is 0 Å². The van der Waals surface area contributed by atoms with E-state index in [0.29, 0.717) is 0 Å². The van der Waals surface area contributed by atoms with Crippen molar-refractivity contribution in [1.29, 1.82) is 0 Å². The van der Waals surface area contributed by atoms with Crippen LogP contribution in [0.15, 0.2) is 0 Å². The molecule has 0 radical (unpaired) electrons. The normalized spacial score (nSPS) is 13.7. The number of hydrogen-bond donors (Lipinski definition) is 3. The highest BCUT2D eigenvalue weighted by Gasteiger charge is 2.23. The minimum absolute atomic E-state index is 0.0149. The van der Waals surface area contributed by atoms with Crippen molar-refractivity contribution in [3.8, 4) is 0 Å². The van der Waals surface area contributed by atoms with Crippen LogP contribution in [0.4, 0.5) is 0 Å². The Balaban J connectivity index is 4.37. The lowest BCUT2D eigenvalue weighted by atomic mass is 10.1. The molecule has 0 bridgehead atoms. The van der Waals surface area contributed by atoms with Crippen LogP contribution < -0.4 is 16.8 Å². The molecule has 7 heteroatoms. The number of esters is 1. The van der Waals surface area contributed by atoms with Gasteiger partial charge in [-0.2, -0.15) is 0 Å². The van der Waals surface area contributed by atoms with E-state index in [4.69, 9.17) is 11.5 Å². The van der Waals surface area contributed by atoms with Crippen LogP contribution in [-0.2, 0) is 19.1 Å². The van der Waals surface area contributed by atoms with Crippen LogP contribution in [0.1, 0.15) is 19.8 Å². The topological polar surface area (TPSA) is 125 Å². The van der Waals surface area contributed by atoms with Gasteiger partial charge in [-0.3, -0.25) is 9.59 Å². The summed E-state index contributed by atoms with van der Waals surface area (Å²) in [6.45, 7) is 1.48. The predicted molar refractivity (Wildman–Crippen MR) is 56.0 cm³/mol. The van der Waals surface area contributed by atoms with Gasteiger partial charge in [0.05, 0.1) is 13.2 Å². The number of rotatable bonds is 6. The summed E-state index contributed by atoms with van der Waals surface area (Å²) in [4.78, 5) is 33.1. The van der Waals surface area contributed by atoms with Crippen LogP contribution in [0, 0.1) is 0 Å². The van der Waals surface area contributed by atoms with Crippen LogP contribution >= 0.6 is 0 Å². The van der Waals surface area contributed by atoms with Gasteiger partial charge < -0.3 is 21.5 Å². The number of ether oxygens (including phenoxy) is 1. The summed E-state index contributed by atoms with van der Waals surface area (Å²) in [7, 11) is 1.19. The molecule has 92 valence electrons. The summed E-state index contributed by atoms with van der Waals surface area (Å²) in [6, 6.07) is -1.63. The largest absolute Gasteiger partial charge is 0.467 e. The number of nitrogens with two attached hydrogens (primary N) is 2. The first kappa shape index (κ1) is 14.4. The van der Waals surface area contributed by atoms with Gasteiger partial charge in [0, 0.05) is 6.42 Å². The van der Waals surface area contributed by atoms with Gasteiger partial charge in [0.15, 0.2) is 0 Å². The third-order valence-corrected chi connectivity index (χ3v) is 1.90. The van der Waals surface area contributed by atoms with Crippen LogP contribution in [0.5, 0.6) is 0 Å². The number of carbonyl (C=O) groups is 3. The van der Waals surface area contributed by atoms with Gasteiger partial charge in [0.1, 0.15) is 6.04 Å². The number of carbonyl (C=O) groups excluding carboxylic acids is 3. The smallest absolute Gasteiger partial charge is 0.328 e. The Kier molecular flexibility index (Phi) is 6.09. The number of amides is 2. The summed E-state index contributed by atoms with van der Waals surface area (Å²) in [5.41, 5.74) is 10.3. The van der Waals surface area contributed by atoms with Crippen molar-refractivity contribution in [2.24, 2.45) is 11.5 Å². The van der Waals surface area contributed by atoms with Crippen molar-refractivity contribution in [3.63, 3.8) is 0 Å². The molecule has 0 aromatic carbocycles. The molecule has 7 nitrogen and oxygen atoms in total.